The van der Waals surface area contributed by atoms with Gasteiger partial charge in [0.1, 0.15) is 0 Å². The van der Waals surface area contributed by atoms with Crippen molar-refractivity contribution in [2.75, 3.05) is 33.4 Å². The largest absolute Gasteiger partial charge is 0.380 e. The Labute approximate surface area is 79.0 Å². The zero-order valence-electron chi connectivity index (χ0n) is 8.35. The summed E-state index contributed by atoms with van der Waals surface area (Å²) in [6.07, 6.45) is 0.549. The Balaban J connectivity index is 2.07. The smallest absolute Gasteiger partial charge is 0.221 e. The molecule has 0 aromatic heterocycles. The van der Waals surface area contributed by atoms with E-state index in [2.05, 4.69) is 17.6 Å². The Kier molecular flexibility index (Phi) is 3.69. The van der Waals surface area contributed by atoms with Crippen LogP contribution in [0, 0.1) is 5.41 Å². The SMILES string of the molecule is CNCCC(=O)NCC1(C)COC1. The molecule has 0 saturated carbocycles. The average Bonchev–Trinajstić information content (AvgIpc) is 2.08. The first kappa shape index (κ1) is 10.5. The summed E-state index contributed by atoms with van der Waals surface area (Å²) in [7, 11) is 1.84. The van der Waals surface area contributed by atoms with E-state index in [0.29, 0.717) is 6.42 Å². The van der Waals surface area contributed by atoms with Crippen LogP contribution in [0.1, 0.15) is 13.3 Å². The number of carbonyl (C=O) groups is 1. The molecule has 0 atom stereocenters. The van der Waals surface area contributed by atoms with Crippen LogP contribution in [0.5, 0.6) is 0 Å². The first-order valence-electron chi connectivity index (χ1n) is 4.65. The van der Waals surface area contributed by atoms with Crippen LogP contribution in [0.25, 0.3) is 0 Å². The van der Waals surface area contributed by atoms with E-state index >= 15 is 0 Å². The molecule has 4 nitrogen and oxygen atoms in total. The Morgan fingerprint density at radius 3 is 2.69 bits per heavy atom. The fourth-order valence-corrected chi connectivity index (χ4v) is 1.19. The Hall–Kier alpha value is -0.610. The second-order valence-electron chi connectivity index (χ2n) is 3.93. The van der Waals surface area contributed by atoms with E-state index in [4.69, 9.17) is 4.74 Å². The van der Waals surface area contributed by atoms with Crippen LogP contribution in [0.2, 0.25) is 0 Å². The van der Waals surface area contributed by atoms with E-state index < -0.39 is 0 Å². The molecule has 1 rings (SSSR count). The van der Waals surface area contributed by atoms with Crippen molar-refractivity contribution >= 4 is 5.91 Å². The highest BCUT2D eigenvalue weighted by Crippen LogP contribution is 2.24. The van der Waals surface area contributed by atoms with E-state index in [9.17, 15) is 4.79 Å². The van der Waals surface area contributed by atoms with Crippen LogP contribution in [0.3, 0.4) is 0 Å². The number of nitrogens with one attached hydrogen (secondary N) is 2. The first-order chi connectivity index (χ1) is 6.16. The molecule has 1 heterocycles. The maximum absolute atomic E-state index is 11.2. The van der Waals surface area contributed by atoms with Gasteiger partial charge in [0, 0.05) is 24.9 Å². The Bertz CT molecular complexity index is 178. The van der Waals surface area contributed by atoms with Crippen LogP contribution >= 0.6 is 0 Å². The molecule has 4 heteroatoms. The molecule has 13 heavy (non-hydrogen) atoms. The molecular formula is C9H18N2O2. The predicted molar refractivity (Wildman–Crippen MR) is 50.5 cm³/mol. The quantitative estimate of drug-likeness (QED) is 0.622. The number of ether oxygens (including phenoxy) is 1. The third-order valence-electron chi connectivity index (χ3n) is 2.22. The van der Waals surface area contributed by atoms with Gasteiger partial charge >= 0.3 is 0 Å². The minimum Gasteiger partial charge on any atom is -0.380 e. The molecule has 0 spiro atoms. The zero-order valence-corrected chi connectivity index (χ0v) is 8.35. The number of hydrogen-bond donors (Lipinski definition) is 2. The molecular weight excluding hydrogens is 168 g/mol. The van der Waals surface area contributed by atoms with Crippen molar-refractivity contribution in [1.82, 2.24) is 10.6 Å². The van der Waals surface area contributed by atoms with E-state index in [1.807, 2.05) is 7.05 Å². The van der Waals surface area contributed by atoms with Crippen LogP contribution < -0.4 is 10.6 Å². The van der Waals surface area contributed by atoms with Crippen LogP contribution in [0.15, 0.2) is 0 Å². The summed E-state index contributed by atoms with van der Waals surface area (Å²) >= 11 is 0. The summed E-state index contributed by atoms with van der Waals surface area (Å²) in [6.45, 7) is 5.11. The topological polar surface area (TPSA) is 50.4 Å². The highest BCUT2D eigenvalue weighted by Gasteiger charge is 2.33. The average molecular weight is 186 g/mol. The van der Waals surface area contributed by atoms with Crippen molar-refractivity contribution in [2.24, 2.45) is 5.41 Å². The first-order valence-corrected chi connectivity index (χ1v) is 4.65. The summed E-state index contributed by atoms with van der Waals surface area (Å²) in [5.74, 6) is 0.113. The van der Waals surface area contributed by atoms with Crippen molar-refractivity contribution in [3.05, 3.63) is 0 Å². The normalized spacial score (nSPS) is 19.2. The van der Waals surface area contributed by atoms with Crippen LogP contribution in [-0.2, 0) is 9.53 Å². The van der Waals surface area contributed by atoms with Crippen LogP contribution in [0.4, 0.5) is 0 Å². The lowest BCUT2D eigenvalue weighted by atomic mass is 9.89. The van der Waals surface area contributed by atoms with Gasteiger partial charge < -0.3 is 15.4 Å². The van der Waals surface area contributed by atoms with Gasteiger partial charge in [0.2, 0.25) is 5.91 Å². The third kappa shape index (κ3) is 3.32. The molecule has 0 aromatic carbocycles. The van der Waals surface area contributed by atoms with E-state index in [1.165, 1.54) is 0 Å². The second kappa shape index (κ2) is 4.58. The van der Waals surface area contributed by atoms with Gasteiger partial charge in [-0.1, -0.05) is 6.92 Å². The molecule has 0 radical (unpaired) electrons. The van der Waals surface area contributed by atoms with Gasteiger partial charge in [-0.05, 0) is 7.05 Å². The molecule has 1 aliphatic heterocycles. The second-order valence-corrected chi connectivity index (χ2v) is 3.93. The van der Waals surface area contributed by atoms with Crippen molar-refractivity contribution in [3.63, 3.8) is 0 Å². The maximum atomic E-state index is 11.2. The molecule has 1 saturated heterocycles. The standard InChI is InChI=1S/C9H18N2O2/c1-9(6-13-7-9)5-11-8(12)3-4-10-2/h10H,3-7H2,1-2H3,(H,11,12). The predicted octanol–water partition coefficient (Wildman–Crippen LogP) is -0.251. The minimum atomic E-state index is 0.113. The summed E-state index contributed by atoms with van der Waals surface area (Å²) in [4.78, 5) is 11.2. The van der Waals surface area contributed by atoms with E-state index in [-0.39, 0.29) is 11.3 Å². The van der Waals surface area contributed by atoms with Gasteiger partial charge in [0.05, 0.1) is 13.2 Å². The Morgan fingerprint density at radius 1 is 1.54 bits per heavy atom. The fraction of sp³-hybridized carbons (Fsp3) is 0.889. The van der Waals surface area contributed by atoms with Gasteiger partial charge in [-0.15, -0.1) is 0 Å². The van der Waals surface area contributed by atoms with Crippen LogP contribution in [-0.4, -0.2) is 39.3 Å². The molecule has 1 amide bonds. The van der Waals surface area contributed by atoms with E-state index in [0.717, 1.165) is 26.3 Å². The lowest BCUT2D eigenvalue weighted by Gasteiger charge is -2.38. The molecule has 0 unspecified atom stereocenters. The summed E-state index contributed by atoms with van der Waals surface area (Å²) in [5.41, 5.74) is 0.176. The zero-order chi connectivity index (χ0) is 9.73. The van der Waals surface area contributed by atoms with Gasteiger partial charge in [-0.2, -0.15) is 0 Å². The maximum Gasteiger partial charge on any atom is 0.221 e. The van der Waals surface area contributed by atoms with Gasteiger partial charge in [-0.25, -0.2) is 0 Å². The summed E-state index contributed by atoms with van der Waals surface area (Å²) in [6, 6.07) is 0. The summed E-state index contributed by atoms with van der Waals surface area (Å²) in [5, 5.41) is 5.84. The number of hydrogen-bond acceptors (Lipinski definition) is 3. The third-order valence-corrected chi connectivity index (χ3v) is 2.22. The van der Waals surface area contributed by atoms with E-state index in [1.54, 1.807) is 0 Å². The highest BCUT2D eigenvalue weighted by atomic mass is 16.5. The molecule has 2 N–H and O–H groups in total. The Morgan fingerprint density at radius 2 is 2.23 bits per heavy atom. The number of carbonyl (C=O) groups excluding carboxylic acids is 1. The molecule has 1 aliphatic rings. The van der Waals surface area contributed by atoms with Gasteiger partial charge in [0.25, 0.3) is 0 Å². The monoisotopic (exact) mass is 186 g/mol. The summed E-state index contributed by atoms with van der Waals surface area (Å²) < 4.78 is 5.09. The van der Waals surface area contributed by atoms with Gasteiger partial charge in [0.15, 0.2) is 0 Å². The molecule has 0 aliphatic carbocycles. The fourth-order valence-electron chi connectivity index (χ4n) is 1.19. The molecule has 76 valence electrons. The highest BCUT2D eigenvalue weighted by molar-refractivity contribution is 5.76. The van der Waals surface area contributed by atoms with Crippen molar-refractivity contribution in [2.45, 2.75) is 13.3 Å². The number of rotatable bonds is 5. The van der Waals surface area contributed by atoms with Crippen molar-refractivity contribution in [1.29, 1.82) is 0 Å². The molecule has 0 bridgehead atoms. The van der Waals surface area contributed by atoms with Crippen molar-refractivity contribution in [3.8, 4) is 0 Å². The lowest BCUT2D eigenvalue weighted by Crippen LogP contribution is -2.48. The van der Waals surface area contributed by atoms with Crippen molar-refractivity contribution < 1.29 is 9.53 Å². The lowest BCUT2D eigenvalue weighted by molar-refractivity contribution is -0.126. The molecule has 1 fully saturated rings. The number of amides is 1. The minimum absolute atomic E-state index is 0.113. The molecule has 0 aromatic rings. The van der Waals surface area contributed by atoms with Gasteiger partial charge in [-0.3, -0.25) is 4.79 Å².